The number of rotatable bonds is 5. The molecule has 2 aliphatic rings. The lowest BCUT2D eigenvalue weighted by Gasteiger charge is -2.40. The van der Waals surface area contributed by atoms with Crippen molar-refractivity contribution in [1.82, 2.24) is 29.5 Å². The van der Waals surface area contributed by atoms with E-state index < -0.39 is 0 Å². The van der Waals surface area contributed by atoms with Gasteiger partial charge in [0.25, 0.3) is 5.78 Å². The van der Waals surface area contributed by atoms with E-state index in [4.69, 9.17) is 15.4 Å². The molecule has 38 heavy (non-hydrogen) atoms. The molecule has 0 amide bonds. The number of piperidine rings is 1. The summed E-state index contributed by atoms with van der Waals surface area (Å²) in [7, 11) is 0. The van der Waals surface area contributed by atoms with Gasteiger partial charge in [-0.15, -0.1) is 5.10 Å². The van der Waals surface area contributed by atoms with E-state index in [1.165, 1.54) is 10.6 Å². The fourth-order valence-electron chi connectivity index (χ4n) is 5.40. The first-order valence-electron chi connectivity index (χ1n) is 12.8. The predicted octanol–water partition coefficient (Wildman–Crippen LogP) is 2.72. The van der Waals surface area contributed by atoms with Gasteiger partial charge in [-0.1, -0.05) is 0 Å². The Kier molecular flexibility index (Phi) is 6.29. The molecule has 3 aromatic heterocycles. The van der Waals surface area contributed by atoms with Crippen LogP contribution in [0.15, 0.2) is 34.9 Å². The average Bonchev–Trinajstić information content (AvgIpc) is 3.55. The number of furan rings is 1. The Morgan fingerprint density at radius 1 is 1.11 bits per heavy atom. The molecule has 4 aromatic rings. The summed E-state index contributed by atoms with van der Waals surface area (Å²) in [5, 5.41) is 13.4. The maximum absolute atomic E-state index is 14.5. The highest BCUT2D eigenvalue weighted by atomic mass is 19.1. The van der Waals surface area contributed by atoms with Gasteiger partial charge in [0.05, 0.1) is 23.6 Å². The number of halogens is 1. The molecule has 0 aliphatic carbocycles. The molecule has 2 fully saturated rings. The van der Waals surface area contributed by atoms with Crippen LogP contribution in [-0.4, -0.2) is 75.3 Å². The molecule has 0 spiro atoms. The number of aryl methyl sites for hydroxylation is 1. The Morgan fingerprint density at radius 2 is 1.95 bits per heavy atom. The van der Waals surface area contributed by atoms with Crippen molar-refractivity contribution in [3.05, 3.63) is 47.5 Å². The summed E-state index contributed by atoms with van der Waals surface area (Å²) in [6.07, 6.45) is 3.78. The zero-order valence-electron chi connectivity index (χ0n) is 21.2. The lowest BCUT2D eigenvalue weighted by atomic mass is 9.97. The maximum Gasteiger partial charge on any atom is 0.259 e. The van der Waals surface area contributed by atoms with Gasteiger partial charge in [0, 0.05) is 45.8 Å². The summed E-state index contributed by atoms with van der Waals surface area (Å²) in [5.74, 6) is 2.35. The molecule has 5 heterocycles. The van der Waals surface area contributed by atoms with Crippen LogP contribution in [0, 0.1) is 30.0 Å². The molecular weight excluding hydrogens is 487 g/mol. The van der Waals surface area contributed by atoms with Crippen LogP contribution in [0.25, 0.3) is 17.4 Å². The van der Waals surface area contributed by atoms with Crippen molar-refractivity contribution in [3.63, 3.8) is 0 Å². The Balaban J connectivity index is 1.10. The number of nitrogens with two attached hydrogens (primary N) is 1. The van der Waals surface area contributed by atoms with E-state index in [9.17, 15) is 4.39 Å². The highest BCUT2D eigenvalue weighted by molar-refractivity contribution is 5.56. The molecule has 1 aromatic carbocycles. The van der Waals surface area contributed by atoms with Crippen molar-refractivity contribution in [2.24, 2.45) is 5.92 Å². The van der Waals surface area contributed by atoms with E-state index in [0.29, 0.717) is 40.5 Å². The number of nitrogens with zero attached hydrogens (tertiary/aromatic N) is 9. The Hall–Kier alpha value is -4.24. The van der Waals surface area contributed by atoms with Crippen LogP contribution in [0.4, 0.5) is 22.0 Å². The zero-order chi connectivity index (χ0) is 26.2. The standard InChI is InChI=1S/C26H29FN10O/c1-17-6-12-38-22(17)23-30-26-32-25(31-24(29)37(26)33-23)36-7-2-3-19(16-36)15-34-8-10-35(11-9-34)21-5-4-18(14-28)13-20(21)27/h4-6,12-13,19H,2-3,7-11,15-16H2,1H3,(H2,29,30,31,32,33). The van der Waals surface area contributed by atoms with Crippen LogP contribution in [0.5, 0.6) is 0 Å². The number of fused-ring (bicyclic) bond motifs is 1. The van der Waals surface area contributed by atoms with Crippen molar-refractivity contribution in [2.75, 3.05) is 61.3 Å². The minimum Gasteiger partial charge on any atom is -0.461 e. The van der Waals surface area contributed by atoms with E-state index in [1.54, 1.807) is 18.4 Å². The van der Waals surface area contributed by atoms with Crippen LogP contribution in [-0.2, 0) is 0 Å². The summed E-state index contributed by atoms with van der Waals surface area (Å²) in [6, 6.07) is 8.54. The lowest BCUT2D eigenvalue weighted by molar-refractivity contribution is 0.205. The molecule has 196 valence electrons. The van der Waals surface area contributed by atoms with Gasteiger partial charge in [-0.05, 0) is 55.5 Å². The molecule has 0 bridgehead atoms. The first kappa shape index (κ1) is 24.1. The quantitative estimate of drug-likeness (QED) is 0.423. The molecule has 1 unspecified atom stereocenters. The SMILES string of the molecule is Cc1ccoc1-c1nc2nc(N3CCCC(CN4CCN(c5ccc(C#N)cc5F)CC4)C3)nc(N)n2n1. The van der Waals surface area contributed by atoms with Crippen LogP contribution < -0.4 is 15.5 Å². The summed E-state index contributed by atoms with van der Waals surface area (Å²) >= 11 is 0. The van der Waals surface area contributed by atoms with Crippen LogP contribution in [0.3, 0.4) is 0 Å². The van der Waals surface area contributed by atoms with Gasteiger partial charge in [-0.3, -0.25) is 4.90 Å². The second-order valence-electron chi connectivity index (χ2n) is 9.98. The Morgan fingerprint density at radius 3 is 2.68 bits per heavy atom. The van der Waals surface area contributed by atoms with E-state index in [2.05, 4.69) is 34.8 Å². The Labute approximate surface area is 219 Å². The normalized spacial score (nSPS) is 18.7. The molecule has 2 aliphatic heterocycles. The van der Waals surface area contributed by atoms with Crippen molar-refractivity contribution in [2.45, 2.75) is 19.8 Å². The van der Waals surface area contributed by atoms with E-state index >= 15 is 0 Å². The molecule has 2 N–H and O–H groups in total. The molecular formula is C26H29FN10O. The maximum atomic E-state index is 14.5. The summed E-state index contributed by atoms with van der Waals surface area (Å²) in [4.78, 5) is 20.4. The van der Waals surface area contributed by atoms with Gasteiger partial charge >= 0.3 is 0 Å². The molecule has 0 radical (unpaired) electrons. The number of nitrogen functional groups attached to an aromatic ring is 1. The predicted molar refractivity (Wildman–Crippen MR) is 140 cm³/mol. The lowest BCUT2D eigenvalue weighted by Crippen LogP contribution is -2.50. The molecule has 12 heteroatoms. The summed E-state index contributed by atoms with van der Waals surface area (Å²) in [5.41, 5.74) is 8.08. The topological polar surface area (TPSA) is 129 Å². The average molecular weight is 517 g/mol. The number of hydrogen-bond acceptors (Lipinski definition) is 10. The van der Waals surface area contributed by atoms with Crippen LogP contribution in [0.2, 0.25) is 0 Å². The minimum atomic E-state index is -0.337. The largest absolute Gasteiger partial charge is 0.461 e. The molecule has 0 saturated carbocycles. The number of piperazine rings is 1. The number of benzene rings is 1. The smallest absolute Gasteiger partial charge is 0.259 e. The van der Waals surface area contributed by atoms with E-state index in [-0.39, 0.29) is 11.8 Å². The highest BCUT2D eigenvalue weighted by Crippen LogP contribution is 2.26. The van der Waals surface area contributed by atoms with Crippen molar-refractivity contribution in [3.8, 4) is 17.7 Å². The van der Waals surface area contributed by atoms with Crippen molar-refractivity contribution >= 4 is 23.4 Å². The molecule has 11 nitrogen and oxygen atoms in total. The number of hydrogen-bond donors (Lipinski definition) is 1. The number of aromatic nitrogens is 5. The van der Waals surface area contributed by atoms with Crippen molar-refractivity contribution in [1.29, 1.82) is 5.26 Å². The zero-order valence-corrected chi connectivity index (χ0v) is 21.2. The van der Waals surface area contributed by atoms with Gasteiger partial charge in [-0.25, -0.2) is 4.39 Å². The fraction of sp³-hybridized carbons (Fsp3) is 0.423. The first-order valence-corrected chi connectivity index (χ1v) is 12.8. The van der Waals surface area contributed by atoms with Gasteiger partial charge in [0.2, 0.25) is 17.7 Å². The number of anilines is 3. The minimum absolute atomic E-state index is 0.237. The number of nitriles is 1. The third-order valence-electron chi connectivity index (χ3n) is 7.39. The van der Waals surface area contributed by atoms with Crippen molar-refractivity contribution < 1.29 is 8.81 Å². The first-order chi connectivity index (χ1) is 18.5. The molecule has 2 saturated heterocycles. The third-order valence-corrected chi connectivity index (χ3v) is 7.39. The van der Waals surface area contributed by atoms with Crippen LogP contribution in [0.1, 0.15) is 24.0 Å². The fourth-order valence-corrected chi connectivity index (χ4v) is 5.40. The van der Waals surface area contributed by atoms with Crippen LogP contribution >= 0.6 is 0 Å². The monoisotopic (exact) mass is 516 g/mol. The Bertz CT molecular complexity index is 1500. The van der Waals surface area contributed by atoms with Gasteiger partial charge < -0.3 is 20.0 Å². The molecule has 6 rings (SSSR count). The second kappa shape index (κ2) is 9.90. The van der Waals surface area contributed by atoms with E-state index in [0.717, 1.165) is 64.2 Å². The van der Waals surface area contributed by atoms with Gasteiger partial charge in [0.1, 0.15) is 5.82 Å². The molecule has 1 atom stereocenters. The second-order valence-corrected chi connectivity index (χ2v) is 9.98. The summed E-state index contributed by atoms with van der Waals surface area (Å²) < 4.78 is 21.4. The van der Waals surface area contributed by atoms with Gasteiger partial charge in [-0.2, -0.15) is 24.7 Å². The van der Waals surface area contributed by atoms with E-state index in [1.807, 2.05) is 19.1 Å². The third kappa shape index (κ3) is 4.61. The van der Waals surface area contributed by atoms with Gasteiger partial charge in [0.15, 0.2) is 5.76 Å². The highest BCUT2D eigenvalue weighted by Gasteiger charge is 2.27. The summed E-state index contributed by atoms with van der Waals surface area (Å²) in [6.45, 7) is 7.81.